The van der Waals surface area contributed by atoms with Crippen LogP contribution in [0.15, 0.2) is 59.5 Å². The zero-order chi connectivity index (χ0) is 17.4. The minimum atomic E-state index is -2.47. The monoisotopic (exact) mass is 350 g/mol. The molecule has 128 valence electrons. The van der Waals surface area contributed by atoms with E-state index in [0.29, 0.717) is 48.3 Å². The fourth-order valence-corrected chi connectivity index (χ4v) is 2.80. The van der Waals surface area contributed by atoms with E-state index in [-0.39, 0.29) is 5.91 Å². The van der Waals surface area contributed by atoms with E-state index in [1.807, 2.05) is 30.3 Å². The lowest BCUT2D eigenvalue weighted by Gasteiger charge is -2.23. The highest BCUT2D eigenvalue weighted by Gasteiger charge is 2.16. The molecular formula is C18H20F2N2OS. The number of hydrogen-bond acceptors (Lipinski definition) is 3. The highest BCUT2D eigenvalue weighted by atomic mass is 32.2. The molecule has 0 aromatic heterocycles. The van der Waals surface area contributed by atoms with E-state index in [2.05, 4.69) is 0 Å². The zero-order valence-corrected chi connectivity index (χ0v) is 14.0. The lowest BCUT2D eigenvalue weighted by atomic mass is 10.1. The van der Waals surface area contributed by atoms with Crippen molar-refractivity contribution in [3.8, 4) is 0 Å². The van der Waals surface area contributed by atoms with Crippen LogP contribution in [0.2, 0.25) is 0 Å². The minimum absolute atomic E-state index is 0.124. The van der Waals surface area contributed by atoms with Gasteiger partial charge in [0.15, 0.2) is 0 Å². The van der Waals surface area contributed by atoms with Crippen molar-refractivity contribution >= 4 is 17.7 Å². The number of amides is 1. The molecule has 0 unspecified atom stereocenters. The van der Waals surface area contributed by atoms with Gasteiger partial charge in [0.05, 0.1) is 0 Å². The lowest BCUT2D eigenvalue weighted by molar-refractivity contribution is 0.0742. The van der Waals surface area contributed by atoms with E-state index in [0.717, 1.165) is 5.56 Å². The first kappa shape index (κ1) is 18.4. The second-order valence-electron chi connectivity index (χ2n) is 5.26. The Labute approximate surface area is 144 Å². The van der Waals surface area contributed by atoms with Crippen LogP contribution in [0.5, 0.6) is 0 Å². The molecule has 0 heterocycles. The highest BCUT2D eigenvalue weighted by Crippen LogP contribution is 2.25. The summed E-state index contributed by atoms with van der Waals surface area (Å²) < 4.78 is 24.7. The van der Waals surface area contributed by atoms with Crippen LogP contribution in [-0.4, -0.2) is 29.7 Å². The number of nitrogens with zero attached hydrogens (tertiary/aromatic N) is 1. The second kappa shape index (κ2) is 9.39. The Kier molecular flexibility index (Phi) is 7.21. The van der Waals surface area contributed by atoms with Gasteiger partial charge in [-0.25, -0.2) is 0 Å². The van der Waals surface area contributed by atoms with Gasteiger partial charge in [-0.15, -0.1) is 0 Å². The number of carbonyl (C=O) groups is 1. The average Bonchev–Trinajstić information content (AvgIpc) is 2.59. The molecule has 0 aliphatic rings. The van der Waals surface area contributed by atoms with E-state index in [1.165, 1.54) is 0 Å². The molecule has 0 saturated carbocycles. The van der Waals surface area contributed by atoms with Crippen LogP contribution >= 0.6 is 11.8 Å². The van der Waals surface area contributed by atoms with Crippen LogP contribution in [0.3, 0.4) is 0 Å². The predicted molar refractivity (Wildman–Crippen MR) is 93.2 cm³/mol. The topological polar surface area (TPSA) is 46.3 Å². The maximum atomic E-state index is 12.7. The summed E-state index contributed by atoms with van der Waals surface area (Å²) in [6.07, 6.45) is 0.706. The fraction of sp³-hybridized carbons (Fsp3) is 0.278. The number of benzene rings is 2. The maximum Gasteiger partial charge on any atom is 0.288 e. The summed E-state index contributed by atoms with van der Waals surface area (Å²) in [5.41, 5.74) is 7.09. The molecule has 0 atom stereocenters. The van der Waals surface area contributed by atoms with Gasteiger partial charge in [-0.2, -0.15) is 8.78 Å². The third kappa shape index (κ3) is 5.62. The Balaban J connectivity index is 2.11. The quantitative estimate of drug-likeness (QED) is 0.732. The molecule has 2 aromatic rings. The van der Waals surface area contributed by atoms with Gasteiger partial charge in [0.1, 0.15) is 0 Å². The summed E-state index contributed by atoms with van der Waals surface area (Å²) in [5.74, 6) is -2.59. The fourth-order valence-electron chi connectivity index (χ4n) is 2.30. The molecule has 24 heavy (non-hydrogen) atoms. The van der Waals surface area contributed by atoms with Crippen molar-refractivity contribution in [3.63, 3.8) is 0 Å². The van der Waals surface area contributed by atoms with Crippen LogP contribution in [0.4, 0.5) is 8.78 Å². The van der Waals surface area contributed by atoms with Crippen LogP contribution in [0, 0.1) is 0 Å². The van der Waals surface area contributed by atoms with Crippen molar-refractivity contribution in [2.75, 3.05) is 13.1 Å². The number of rotatable bonds is 8. The van der Waals surface area contributed by atoms with Crippen LogP contribution in [-0.2, 0) is 6.54 Å². The Bertz CT molecular complexity index is 635. The van der Waals surface area contributed by atoms with Gasteiger partial charge in [0.25, 0.3) is 11.7 Å². The number of alkyl halides is 2. The molecule has 2 rings (SSSR count). The third-order valence-electron chi connectivity index (χ3n) is 3.46. The van der Waals surface area contributed by atoms with Crippen LogP contribution < -0.4 is 5.73 Å². The van der Waals surface area contributed by atoms with Crippen LogP contribution in [0.1, 0.15) is 22.3 Å². The van der Waals surface area contributed by atoms with E-state index < -0.39 is 5.76 Å². The van der Waals surface area contributed by atoms with Crippen molar-refractivity contribution in [3.05, 3.63) is 65.7 Å². The zero-order valence-electron chi connectivity index (χ0n) is 13.2. The van der Waals surface area contributed by atoms with E-state index in [9.17, 15) is 13.6 Å². The van der Waals surface area contributed by atoms with Gasteiger partial charge in [-0.1, -0.05) is 42.1 Å². The molecular weight excluding hydrogens is 330 g/mol. The average molecular weight is 350 g/mol. The van der Waals surface area contributed by atoms with E-state index in [1.54, 1.807) is 29.2 Å². The van der Waals surface area contributed by atoms with Gasteiger partial charge in [0, 0.05) is 23.5 Å². The summed E-state index contributed by atoms with van der Waals surface area (Å²) in [4.78, 5) is 14.9. The first-order valence-electron chi connectivity index (χ1n) is 7.68. The van der Waals surface area contributed by atoms with Gasteiger partial charge < -0.3 is 10.6 Å². The van der Waals surface area contributed by atoms with Crippen LogP contribution in [0.25, 0.3) is 0 Å². The molecule has 0 saturated heterocycles. The molecule has 0 bridgehead atoms. The third-order valence-corrected chi connectivity index (χ3v) is 4.18. The smallest absolute Gasteiger partial charge is 0.288 e. The first-order valence-corrected chi connectivity index (χ1v) is 8.56. The van der Waals surface area contributed by atoms with Crippen molar-refractivity contribution in [1.29, 1.82) is 0 Å². The largest absolute Gasteiger partial charge is 0.334 e. The Morgan fingerprint density at radius 2 is 1.75 bits per heavy atom. The van der Waals surface area contributed by atoms with Gasteiger partial charge >= 0.3 is 0 Å². The van der Waals surface area contributed by atoms with Gasteiger partial charge in [-0.3, -0.25) is 4.79 Å². The molecule has 0 spiro atoms. The summed E-state index contributed by atoms with van der Waals surface area (Å²) in [6.45, 7) is 1.55. The molecule has 0 aliphatic heterocycles. The second-order valence-corrected chi connectivity index (χ2v) is 6.32. The predicted octanol–water partition coefficient (Wildman–Crippen LogP) is 3.99. The van der Waals surface area contributed by atoms with Crippen molar-refractivity contribution in [1.82, 2.24) is 4.90 Å². The van der Waals surface area contributed by atoms with E-state index >= 15 is 0 Å². The summed E-state index contributed by atoms with van der Waals surface area (Å²) in [6, 6.07) is 16.0. The molecule has 1 amide bonds. The first-order chi connectivity index (χ1) is 11.6. The van der Waals surface area contributed by atoms with Gasteiger partial charge in [0.2, 0.25) is 0 Å². The highest BCUT2D eigenvalue weighted by molar-refractivity contribution is 7.99. The molecule has 3 nitrogen and oxygen atoms in total. The normalized spacial score (nSPS) is 10.8. The Hall–Kier alpha value is -1.92. The molecule has 0 radical (unpaired) electrons. The molecule has 0 aliphatic carbocycles. The molecule has 6 heteroatoms. The summed E-state index contributed by atoms with van der Waals surface area (Å²) in [7, 11) is 0. The Morgan fingerprint density at radius 3 is 2.33 bits per heavy atom. The summed E-state index contributed by atoms with van der Waals surface area (Å²) in [5, 5.41) is 0. The standard InChI is InChI=1S/C18H20F2N2OS/c19-18(20)24-16-9-7-15(8-10-16)17(23)22(12-4-11-21)13-14-5-2-1-3-6-14/h1-3,5-10,18H,4,11-13,21H2. The minimum Gasteiger partial charge on any atom is -0.334 e. The molecule has 2 aromatic carbocycles. The maximum absolute atomic E-state index is 12.7. The van der Waals surface area contributed by atoms with Crippen molar-refractivity contribution in [2.45, 2.75) is 23.6 Å². The Morgan fingerprint density at radius 1 is 1.08 bits per heavy atom. The number of nitrogens with two attached hydrogens (primary N) is 1. The van der Waals surface area contributed by atoms with Crippen molar-refractivity contribution < 1.29 is 13.6 Å². The summed E-state index contributed by atoms with van der Waals surface area (Å²) >= 11 is 0.469. The molecule has 0 fully saturated rings. The SMILES string of the molecule is NCCCN(Cc1ccccc1)C(=O)c1ccc(SC(F)F)cc1. The number of halogens is 2. The molecule has 2 N–H and O–H groups in total. The number of thioether (sulfide) groups is 1. The van der Waals surface area contributed by atoms with Gasteiger partial charge in [-0.05, 0) is 42.8 Å². The number of carbonyl (C=O) groups excluding carboxylic acids is 1. The van der Waals surface area contributed by atoms with Crippen molar-refractivity contribution in [2.24, 2.45) is 5.73 Å². The van der Waals surface area contributed by atoms with E-state index in [4.69, 9.17) is 5.73 Å². The number of hydrogen-bond donors (Lipinski definition) is 1. The lowest BCUT2D eigenvalue weighted by Crippen LogP contribution is -2.32.